The van der Waals surface area contributed by atoms with Crippen molar-refractivity contribution in [1.82, 2.24) is 10.2 Å². The van der Waals surface area contributed by atoms with Gasteiger partial charge in [0.15, 0.2) is 0 Å². The molecule has 3 amide bonds. The van der Waals surface area contributed by atoms with Crippen LogP contribution >= 0.6 is 0 Å². The Bertz CT molecular complexity index is 884. The number of nitriles is 1. The van der Waals surface area contributed by atoms with Crippen LogP contribution in [-0.4, -0.2) is 29.5 Å². The summed E-state index contributed by atoms with van der Waals surface area (Å²) in [6.07, 6.45) is 1.17. The lowest BCUT2D eigenvalue weighted by atomic mass is 9.93. The minimum atomic E-state index is -0.927. The second-order valence-corrected chi connectivity index (χ2v) is 6.81. The van der Waals surface area contributed by atoms with E-state index in [0.29, 0.717) is 18.4 Å². The van der Waals surface area contributed by atoms with E-state index in [2.05, 4.69) is 11.4 Å². The fourth-order valence-corrected chi connectivity index (χ4v) is 3.11. The summed E-state index contributed by atoms with van der Waals surface area (Å²) in [5, 5.41) is 11.7. The van der Waals surface area contributed by atoms with Gasteiger partial charge in [-0.3, -0.25) is 9.69 Å². The third-order valence-corrected chi connectivity index (χ3v) is 4.84. The van der Waals surface area contributed by atoms with Gasteiger partial charge >= 0.3 is 6.03 Å². The lowest BCUT2D eigenvalue weighted by Crippen LogP contribution is -2.44. The summed E-state index contributed by atoms with van der Waals surface area (Å²) in [5.74, 6) is 0.550. The standard InChI is InChI=1S/C21H21N3O3/c1-21(12-11-15-7-9-18(27-2)10-8-15)19(25)24(20(26)23-21)14-17-5-3-16(13-22)4-6-17/h3-10H,11-12,14H2,1-2H3,(H,23,26)/t21-/m1/s1. The average molecular weight is 363 g/mol. The molecular formula is C21H21N3O3. The van der Waals surface area contributed by atoms with Crippen molar-refractivity contribution in [1.29, 1.82) is 5.26 Å². The zero-order chi connectivity index (χ0) is 19.4. The molecule has 0 bridgehead atoms. The number of carbonyl (C=O) groups excluding carboxylic acids is 2. The van der Waals surface area contributed by atoms with E-state index in [0.717, 1.165) is 16.9 Å². The third kappa shape index (κ3) is 3.93. The SMILES string of the molecule is COc1ccc(CC[C@@]2(C)NC(=O)N(Cc3ccc(C#N)cc3)C2=O)cc1. The molecule has 1 aliphatic heterocycles. The molecule has 2 aromatic carbocycles. The first kappa shape index (κ1) is 18.5. The van der Waals surface area contributed by atoms with Crippen LogP contribution in [0.1, 0.15) is 30.0 Å². The van der Waals surface area contributed by atoms with Crippen LogP contribution < -0.4 is 10.1 Å². The fraction of sp³-hybridized carbons (Fsp3) is 0.286. The molecule has 0 unspecified atom stereocenters. The van der Waals surface area contributed by atoms with Crippen molar-refractivity contribution >= 4 is 11.9 Å². The Morgan fingerprint density at radius 3 is 2.30 bits per heavy atom. The summed E-state index contributed by atoms with van der Waals surface area (Å²) in [6, 6.07) is 16.2. The Balaban J connectivity index is 1.66. The van der Waals surface area contributed by atoms with Crippen molar-refractivity contribution in [3.63, 3.8) is 0 Å². The summed E-state index contributed by atoms with van der Waals surface area (Å²) in [6.45, 7) is 1.95. The number of aryl methyl sites for hydroxylation is 1. The highest BCUT2D eigenvalue weighted by Gasteiger charge is 2.47. The van der Waals surface area contributed by atoms with Crippen LogP contribution in [0.2, 0.25) is 0 Å². The number of methoxy groups -OCH3 is 1. The summed E-state index contributed by atoms with van der Waals surface area (Å²) in [4.78, 5) is 26.4. The van der Waals surface area contributed by atoms with Gasteiger partial charge in [0.05, 0.1) is 25.3 Å². The minimum Gasteiger partial charge on any atom is -0.497 e. The quantitative estimate of drug-likeness (QED) is 0.800. The number of urea groups is 1. The molecule has 1 heterocycles. The summed E-state index contributed by atoms with van der Waals surface area (Å²) in [5.41, 5.74) is 1.49. The van der Waals surface area contributed by atoms with E-state index in [-0.39, 0.29) is 18.5 Å². The summed E-state index contributed by atoms with van der Waals surface area (Å²) < 4.78 is 5.15. The number of hydrogen-bond donors (Lipinski definition) is 1. The Kier molecular flexibility index (Phi) is 5.13. The average Bonchev–Trinajstić information content (AvgIpc) is 2.91. The molecule has 0 aliphatic carbocycles. The minimum absolute atomic E-state index is 0.189. The highest BCUT2D eigenvalue weighted by atomic mass is 16.5. The van der Waals surface area contributed by atoms with Gasteiger partial charge in [-0.2, -0.15) is 5.26 Å². The number of ether oxygens (including phenoxy) is 1. The zero-order valence-corrected chi connectivity index (χ0v) is 15.4. The van der Waals surface area contributed by atoms with Gasteiger partial charge in [-0.05, 0) is 55.2 Å². The van der Waals surface area contributed by atoms with Crippen LogP contribution in [0.4, 0.5) is 4.79 Å². The molecule has 1 N–H and O–H groups in total. The van der Waals surface area contributed by atoms with E-state index in [1.54, 1.807) is 38.3 Å². The second kappa shape index (κ2) is 7.50. The number of nitrogens with one attached hydrogen (secondary N) is 1. The molecule has 6 nitrogen and oxygen atoms in total. The van der Waals surface area contributed by atoms with Crippen LogP contribution in [-0.2, 0) is 17.8 Å². The Labute approximate surface area is 158 Å². The monoisotopic (exact) mass is 363 g/mol. The molecule has 0 radical (unpaired) electrons. The predicted octanol–water partition coefficient (Wildman–Crippen LogP) is 3.01. The van der Waals surface area contributed by atoms with Crippen molar-refractivity contribution in [2.45, 2.75) is 31.8 Å². The first-order valence-corrected chi connectivity index (χ1v) is 8.71. The molecule has 2 aromatic rings. The maximum Gasteiger partial charge on any atom is 0.325 e. The van der Waals surface area contributed by atoms with E-state index < -0.39 is 5.54 Å². The van der Waals surface area contributed by atoms with Crippen LogP contribution in [0.15, 0.2) is 48.5 Å². The number of carbonyl (C=O) groups is 2. The molecule has 27 heavy (non-hydrogen) atoms. The van der Waals surface area contributed by atoms with Gasteiger partial charge in [-0.15, -0.1) is 0 Å². The van der Waals surface area contributed by atoms with Gasteiger partial charge in [0.25, 0.3) is 5.91 Å². The van der Waals surface area contributed by atoms with Gasteiger partial charge in [-0.25, -0.2) is 4.79 Å². The maximum absolute atomic E-state index is 12.9. The maximum atomic E-state index is 12.9. The molecule has 1 aliphatic rings. The van der Waals surface area contributed by atoms with Gasteiger partial charge < -0.3 is 10.1 Å². The Hall–Kier alpha value is -3.33. The molecule has 0 spiro atoms. The zero-order valence-electron chi connectivity index (χ0n) is 15.4. The van der Waals surface area contributed by atoms with E-state index >= 15 is 0 Å². The normalized spacial score (nSPS) is 18.9. The Morgan fingerprint density at radius 2 is 1.70 bits per heavy atom. The molecular weight excluding hydrogens is 342 g/mol. The number of amides is 3. The van der Waals surface area contributed by atoms with Crippen LogP contribution in [0.25, 0.3) is 0 Å². The first-order valence-electron chi connectivity index (χ1n) is 8.71. The largest absolute Gasteiger partial charge is 0.497 e. The molecule has 1 atom stereocenters. The van der Waals surface area contributed by atoms with Crippen molar-refractivity contribution in [3.8, 4) is 11.8 Å². The number of nitrogens with zero attached hydrogens (tertiary/aromatic N) is 2. The Morgan fingerprint density at radius 1 is 1.07 bits per heavy atom. The van der Waals surface area contributed by atoms with Crippen molar-refractivity contribution < 1.29 is 14.3 Å². The van der Waals surface area contributed by atoms with Crippen molar-refractivity contribution in [2.75, 3.05) is 7.11 Å². The van der Waals surface area contributed by atoms with Crippen LogP contribution in [0.3, 0.4) is 0 Å². The number of benzene rings is 2. The topological polar surface area (TPSA) is 82.4 Å². The summed E-state index contributed by atoms with van der Waals surface area (Å²) >= 11 is 0. The summed E-state index contributed by atoms with van der Waals surface area (Å²) in [7, 11) is 1.62. The predicted molar refractivity (Wildman–Crippen MR) is 100.0 cm³/mol. The van der Waals surface area contributed by atoms with E-state index in [1.165, 1.54) is 4.90 Å². The molecule has 138 valence electrons. The fourth-order valence-electron chi connectivity index (χ4n) is 3.11. The number of hydrogen-bond acceptors (Lipinski definition) is 4. The number of imide groups is 1. The molecule has 1 fully saturated rings. The van der Waals surface area contributed by atoms with Gasteiger partial charge in [0, 0.05) is 0 Å². The molecule has 3 rings (SSSR count). The van der Waals surface area contributed by atoms with Gasteiger partial charge in [0.1, 0.15) is 11.3 Å². The molecule has 0 aromatic heterocycles. The first-order chi connectivity index (χ1) is 12.9. The van der Waals surface area contributed by atoms with Gasteiger partial charge in [0.2, 0.25) is 0 Å². The van der Waals surface area contributed by atoms with E-state index in [9.17, 15) is 9.59 Å². The van der Waals surface area contributed by atoms with Crippen molar-refractivity contribution in [3.05, 3.63) is 65.2 Å². The molecule has 0 saturated carbocycles. The number of rotatable bonds is 6. The smallest absolute Gasteiger partial charge is 0.325 e. The lowest BCUT2D eigenvalue weighted by Gasteiger charge is -2.21. The van der Waals surface area contributed by atoms with Crippen molar-refractivity contribution in [2.24, 2.45) is 0 Å². The molecule has 6 heteroatoms. The van der Waals surface area contributed by atoms with Gasteiger partial charge in [-0.1, -0.05) is 24.3 Å². The van der Waals surface area contributed by atoms with Crippen LogP contribution in [0, 0.1) is 11.3 Å². The molecule has 1 saturated heterocycles. The lowest BCUT2D eigenvalue weighted by molar-refractivity contribution is -0.131. The van der Waals surface area contributed by atoms with E-state index in [4.69, 9.17) is 10.00 Å². The second-order valence-electron chi connectivity index (χ2n) is 6.81. The van der Waals surface area contributed by atoms with Crippen LogP contribution in [0.5, 0.6) is 5.75 Å². The third-order valence-electron chi connectivity index (χ3n) is 4.84. The van der Waals surface area contributed by atoms with E-state index in [1.807, 2.05) is 24.3 Å². The highest BCUT2D eigenvalue weighted by molar-refractivity contribution is 6.06. The highest BCUT2D eigenvalue weighted by Crippen LogP contribution is 2.25.